The van der Waals surface area contributed by atoms with Crippen molar-refractivity contribution in [1.82, 2.24) is 15.3 Å². The SMILES string of the molecule is CC(=O)NC(C)(C)c1cncc(-c2cnc3c(c2)CCCN3C(N)=O)c1. The maximum atomic E-state index is 11.6. The molecule has 2 aromatic rings. The van der Waals surface area contributed by atoms with Gasteiger partial charge in [0.05, 0.1) is 5.54 Å². The number of primary amides is 1. The van der Waals surface area contributed by atoms with Crippen LogP contribution >= 0.6 is 0 Å². The zero-order valence-electron chi connectivity index (χ0n) is 15.2. The summed E-state index contributed by atoms with van der Waals surface area (Å²) in [5.41, 5.74) is 8.65. The van der Waals surface area contributed by atoms with E-state index in [0.29, 0.717) is 12.4 Å². The fraction of sp³-hybridized carbons (Fsp3) is 0.368. The van der Waals surface area contributed by atoms with Crippen molar-refractivity contribution >= 4 is 17.8 Å². The molecule has 0 saturated heterocycles. The first kappa shape index (κ1) is 17.8. The average molecular weight is 353 g/mol. The zero-order valence-corrected chi connectivity index (χ0v) is 15.2. The number of anilines is 1. The van der Waals surface area contributed by atoms with Gasteiger partial charge in [-0.15, -0.1) is 0 Å². The molecular formula is C19H23N5O2. The lowest BCUT2D eigenvalue weighted by atomic mass is 9.93. The summed E-state index contributed by atoms with van der Waals surface area (Å²) < 4.78 is 0. The highest BCUT2D eigenvalue weighted by Crippen LogP contribution is 2.30. The monoisotopic (exact) mass is 353 g/mol. The minimum absolute atomic E-state index is 0.0950. The van der Waals surface area contributed by atoms with E-state index in [9.17, 15) is 9.59 Å². The van der Waals surface area contributed by atoms with Gasteiger partial charge in [-0.1, -0.05) is 0 Å². The molecule has 7 nitrogen and oxygen atoms in total. The Morgan fingerprint density at radius 3 is 2.62 bits per heavy atom. The number of rotatable bonds is 3. The third kappa shape index (κ3) is 3.51. The quantitative estimate of drug-likeness (QED) is 0.884. The highest BCUT2D eigenvalue weighted by atomic mass is 16.2. The lowest BCUT2D eigenvalue weighted by molar-refractivity contribution is -0.120. The van der Waals surface area contributed by atoms with Crippen LogP contribution in [0.15, 0.2) is 30.7 Å². The molecule has 0 radical (unpaired) electrons. The summed E-state index contributed by atoms with van der Waals surface area (Å²) in [4.78, 5) is 33.3. The number of fused-ring (bicyclic) bond motifs is 1. The number of hydrogen-bond acceptors (Lipinski definition) is 4. The summed E-state index contributed by atoms with van der Waals surface area (Å²) in [6, 6.07) is 3.55. The van der Waals surface area contributed by atoms with Crippen molar-refractivity contribution in [3.8, 4) is 11.1 Å². The van der Waals surface area contributed by atoms with Crippen molar-refractivity contribution in [3.05, 3.63) is 41.9 Å². The number of nitrogens with one attached hydrogen (secondary N) is 1. The van der Waals surface area contributed by atoms with E-state index < -0.39 is 11.6 Å². The van der Waals surface area contributed by atoms with Crippen LogP contribution in [0.4, 0.5) is 10.6 Å². The molecule has 7 heteroatoms. The number of nitrogens with zero attached hydrogens (tertiary/aromatic N) is 3. The maximum absolute atomic E-state index is 11.6. The molecule has 0 spiro atoms. The van der Waals surface area contributed by atoms with Gasteiger partial charge in [0.15, 0.2) is 0 Å². The summed E-state index contributed by atoms with van der Waals surface area (Å²) in [6.07, 6.45) is 6.96. The van der Waals surface area contributed by atoms with Crippen LogP contribution in [0.25, 0.3) is 11.1 Å². The second-order valence-corrected chi connectivity index (χ2v) is 7.07. The second-order valence-electron chi connectivity index (χ2n) is 7.07. The molecule has 26 heavy (non-hydrogen) atoms. The van der Waals surface area contributed by atoms with Gasteiger partial charge in [0.2, 0.25) is 5.91 Å². The van der Waals surface area contributed by atoms with E-state index in [-0.39, 0.29) is 5.91 Å². The average Bonchev–Trinajstić information content (AvgIpc) is 2.59. The molecule has 136 valence electrons. The molecule has 0 fully saturated rings. The first-order valence-electron chi connectivity index (χ1n) is 8.58. The van der Waals surface area contributed by atoms with Crippen molar-refractivity contribution < 1.29 is 9.59 Å². The highest BCUT2D eigenvalue weighted by molar-refractivity contribution is 5.91. The molecule has 0 bridgehead atoms. The Labute approximate surface area is 152 Å². The molecule has 3 heterocycles. The first-order valence-corrected chi connectivity index (χ1v) is 8.58. The molecule has 2 aromatic heterocycles. The standard InChI is InChI=1S/C19H23N5O2/c1-12(25)23-19(2,3)16-8-15(9-21-11-16)14-7-13-5-4-6-24(18(20)26)17(13)22-10-14/h7-11H,4-6H2,1-3H3,(H2,20,26)(H,23,25). The Morgan fingerprint density at radius 2 is 1.92 bits per heavy atom. The molecule has 3 rings (SSSR count). The van der Waals surface area contributed by atoms with E-state index in [2.05, 4.69) is 15.3 Å². The summed E-state index contributed by atoms with van der Waals surface area (Å²) in [5, 5.41) is 2.93. The first-order chi connectivity index (χ1) is 12.3. The number of urea groups is 1. The van der Waals surface area contributed by atoms with Crippen molar-refractivity contribution in [2.75, 3.05) is 11.4 Å². The molecule has 1 aliphatic heterocycles. The highest BCUT2D eigenvalue weighted by Gasteiger charge is 2.24. The van der Waals surface area contributed by atoms with Crippen molar-refractivity contribution in [3.63, 3.8) is 0 Å². The summed E-state index contributed by atoms with van der Waals surface area (Å²) in [5.74, 6) is 0.539. The topological polar surface area (TPSA) is 101 Å². The summed E-state index contributed by atoms with van der Waals surface area (Å²) in [7, 11) is 0. The lowest BCUT2D eigenvalue weighted by Crippen LogP contribution is -2.40. The van der Waals surface area contributed by atoms with Gasteiger partial charge in [0, 0.05) is 43.2 Å². The fourth-order valence-corrected chi connectivity index (χ4v) is 3.29. The van der Waals surface area contributed by atoms with Crippen LogP contribution < -0.4 is 16.0 Å². The third-order valence-electron chi connectivity index (χ3n) is 4.57. The van der Waals surface area contributed by atoms with Crippen LogP contribution in [0.5, 0.6) is 0 Å². The number of pyridine rings is 2. The number of amides is 3. The number of aryl methyl sites for hydroxylation is 1. The van der Waals surface area contributed by atoms with E-state index in [4.69, 9.17) is 5.73 Å². The Balaban J connectivity index is 1.97. The largest absolute Gasteiger partial charge is 0.351 e. The fourth-order valence-electron chi connectivity index (χ4n) is 3.29. The predicted octanol–water partition coefficient (Wildman–Crippen LogP) is 2.35. The minimum atomic E-state index is -0.529. The van der Waals surface area contributed by atoms with Crippen LogP contribution in [-0.4, -0.2) is 28.5 Å². The Kier molecular flexibility index (Phi) is 4.63. The van der Waals surface area contributed by atoms with Crippen LogP contribution in [-0.2, 0) is 16.8 Å². The van der Waals surface area contributed by atoms with Gasteiger partial charge in [0.1, 0.15) is 5.82 Å². The van der Waals surface area contributed by atoms with Crippen LogP contribution in [0.1, 0.15) is 38.3 Å². The summed E-state index contributed by atoms with van der Waals surface area (Å²) in [6.45, 7) is 5.96. The van der Waals surface area contributed by atoms with Crippen LogP contribution in [0, 0.1) is 0 Å². The van der Waals surface area contributed by atoms with Crippen molar-refractivity contribution in [2.24, 2.45) is 5.73 Å². The smallest absolute Gasteiger partial charge is 0.320 e. The van der Waals surface area contributed by atoms with E-state index in [0.717, 1.165) is 35.1 Å². The Morgan fingerprint density at radius 1 is 1.19 bits per heavy atom. The zero-order chi connectivity index (χ0) is 18.9. The number of hydrogen-bond donors (Lipinski definition) is 2. The maximum Gasteiger partial charge on any atom is 0.320 e. The molecule has 0 saturated carbocycles. The predicted molar refractivity (Wildman–Crippen MR) is 99.6 cm³/mol. The van der Waals surface area contributed by atoms with Gasteiger partial charge >= 0.3 is 6.03 Å². The van der Waals surface area contributed by atoms with E-state index in [1.165, 1.54) is 11.8 Å². The lowest BCUT2D eigenvalue weighted by Gasteiger charge is -2.27. The van der Waals surface area contributed by atoms with Crippen molar-refractivity contribution in [1.29, 1.82) is 0 Å². The molecule has 0 atom stereocenters. The number of carbonyl (C=O) groups is 2. The van der Waals surface area contributed by atoms with Gasteiger partial charge in [-0.3, -0.25) is 14.7 Å². The van der Waals surface area contributed by atoms with Gasteiger partial charge in [-0.25, -0.2) is 9.78 Å². The van der Waals surface area contributed by atoms with Gasteiger partial charge in [0.25, 0.3) is 0 Å². The molecule has 0 aliphatic carbocycles. The third-order valence-corrected chi connectivity index (χ3v) is 4.57. The normalized spacial score (nSPS) is 13.9. The van der Waals surface area contributed by atoms with E-state index in [1.54, 1.807) is 18.6 Å². The molecule has 3 N–H and O–H groups in total. The minimum Gasteiger partial charge on any atom is -0.351 e. The van der Waals surface area contributed by atoms with Crippen LogP contribution in [0.2, 0.25) is 0 Å². The van der Waals surface area contributed by atoms with Gasteiger partial charge in [-0.2, -0.15) is 0 Å². The molecule has 0 unspecified atom stereocenters. The van der Waals surface area contributed by atoms with Crippen LogP contribution in [0.3, 0.4) is 0 Å². The summed E-state index contributed by atoms with van der Waals surface area (Å²) >= 11 is 0. The van der Waals surface area contributed by atoms with Crippen molar-refractivity contribution in [2.45, 2.75) is 39.2 Å². The van der Waals surface area contributed by atoms with Gasteiger partial charge < -0.3 is 11.1 Å². The molecule has 1 aliphatic rings. The van der Waals surface area contributed by atoms with Gasteiger partial charge in [-0.05, 0) is 49.9 Å². The van der Waals surface area contributed by atoms with E-state index >= 15 is 0 Å². The second kappa shape index (κ2) is 6.74. The Hall–Kier alpha value is -2.96. The van der Waals surface area contributed by atoms with E-state index in [1.807, 2.05) is 26.0 Å². The molecule has 0 aromatic carbocycles. The Bertz CT molecular complexity index is 863. The molecular weight excluding hydrogens is 330 g/mol. The number of aromatic nitrogens is 2. The number of nitrogens with two attached hydrogens (primary N) is 1. The number of carbonyl (C=O) groups excluding carboxylic acids is 2. The molecule has 3 amide bonds.